The van der Waals surface area contributed by atoms with Gasteiger partial charge in [-0.05, 0) is 31.0 Å². The summed E-state index contributed by atoms with van der Waals surface area (Å²) in [6.45, 7) is 0. The molecule has 2 heteroatoms. The Morgan fingerprint density at radius 1 is 0.900 bits per heavy atom. The van der Waals surface area contributed by atoms with Crippen molar-refractivity contribution < 1.29 is 0 Å². The first kappa shape index (κ1) is 10.4. The normalized spacial score (nSPS) is 15.4. The van der Waals surface area contributed by atoms with Crippen LogP contribution in [0, 0.1) is 0 Å². The highest BCUT2D eigenvalue weighted by molar-refractivity contribution is 6.01. The van der Waals surface area contributed by atoms with Crippen LogP contribution in [0.1, 0.15) is 24.6 Å². The second-order valence-electron chi connectivity index (χ2n) is 5.69. The molecule has 4 aromatic rings. The van der Waals surface area contributed by atoms with Gasteiger partial charge in [0.2, 0.25) is 0 Å². The van der Waals surface area contributed by atoms with Crippen LogP contribution in [0.2, 0.25) is 0 Å². The number of hydrogen-bond acceptors (Lipinski definition) is 1. The first-order chi connectivity index (χ1) is 9.92. The van der Waals surface area contributed by atoms with Gasteiger partial charge in [0.25, 0.3) is 0 Å². The van der Waals surface area contributed by atoms with E-state index in [0.29, 0.717) is 5.92 Å². The highest BCUT2D eigenvalue weighted by Crippen LogP contribution is 2.41. The summed E-state index contributed by atoms with van der Waals surface area (Å²) in [5.41, 5.74) is 3.69. The van der Waals surface area contributed by atoms with Crippen molar-refractivity contribution in [3.63, 3.8) is 0 Å². The molecular weight excluding hydrogens is 244 g/mol. The molecule has 2 heterocycles. The lowest BCUT2D eigenvalue weighted by atomic mass is 10.2. The smallest absolute Gasteiger partial charge is 0.117 e. The molecule has 2 nitrogen and oxygen atoms in total. The number of para-hydroxylation sites is 2. The molecule has 1 saturated carbocycles. The van der Waals surface area contributed by atoms with Gasteiger partial charge in [-0.3, -0.25) is 4.40 Å². The molecule has 1 aliphatic carbocycles. The molecule has 0 unspecified atom stereocenters. The molecule has 2 aromatic heterocycles. The molecule has 96 valence electrons. The average Bonchev–Trinajstić information content (AvgIpc) is 3.26. The minimum Gasteiger partial charge on any atom is -0.297 e. The minimum absolute atomic E-state index is 0.637. The zero-order chi connectivity index (χ0) is 13.1. The lowest BCUT2D eigenvalue weighted by molar-refractivity contribution is 0.921. The summed E-state index contributed by atoms with van der Waals surface area (Å²) in [6, 6.07) is 19.4. The predicted octanol–water partition coefficient (Wildman–Crippen LogP) is 4.52. The van der Waals surface area contributed by atoms with Gasteiger partial charge in [-0.1, -0.05) is 36.4 Å². The monoisotopic (exact) mass is 258 g/mol. The summed E-state index contributed by atoms with van der Waals surface area (Å²) in [6.07, 6.45) is 2.54. The van der Waals surface area contributed by atoms with E-state index in [-0.39, 0.29) is 0 Å². The molecule has 20 heavy (non-hydrogen) atoms. The van der Waals surface area contributed by atoms with Crippen LogP contribution in [0.5, 0.6) is 0 Å². The summed E-state index contributed by atoms with van der Waals surface area (Å²) in [5.74, 6) is 1.87. The van der Waals surface area contributed by atoms with Gasteiger partial charge >= 0.3 is 0 Å². The van der Waals surface area contributed by atoms with Crippen LogP contribution in [0.4, 0.5) is 0 Å². The van der Waals surface area contributed by atoms with E-state index < -0.39 is 0 Å². The van der Waals surface area contributed by atoms with Gasteiger partial charge in [0, 0.05) is 16.7 Å². The average molecular weight is 258 g/mol. The number of fused-ring (bicyclic) bond motifs is 5. The van der Waals surface area contributed by atoms with E-state index >= 15 is 0 Å². The fourth-order valence-electron chi connectivity index (χ4n) is 3.18. The van der Waals surface area contributed by atoms with Gasteiger partial charge in [-0.2, -0.15) is 0 Å². The summed E-state index contributed by atoms with van der Waals surface area (Å²) >= 11 is 0. The minimum atomic E-state index is 0.637. The van der Waals surface area contributed by atoms with E-state index in [1.807, 2.05) is 0 Å². The Labute approximate surface area is 116 Å². The van der Waals surface area contributed by atoms with Gasteiger partial charge in [0.1, 0.15) is 5.82 Å². The van der Waals surface area contributed by atoms with E-state index in [2.05, 4.69) is 59.0 Å². The Bertz CT molecular complexity index is 961. The molecule has 0 atom stereocenters. The molecule has 1 aliphatic rings. The van der Waals surface area contributed by atoms with Crippen LogP contribution < -0.4 is 0 Å². The van der Waals surface area contributed by atoms with E-state index in [0.717, 1.165) is 5.52 Å². The van der Waals surface area contributed by atoms with E-state index in [4.69, 9.17) is 4.98 Å². The largest absolute Gasteiger partial charge is 0.297 e. The summed E-state index contributed by atoms with van der Waals surface area (Å²) in [5, 5.41) is 2.54. The fraction of sp³-hybridized carbons (Fsp3) is 0.167. The second kappa shape index (κ2) is 3.60. The number of benzene rings is 2. The summed E-state index contributed by atoms with van der Waals surface area (Å²) < 4.78 is 2.37. The first-order valence-corrected chi connectivity index (χ1v) is 7.21. The number of nitrogens with zero attached hydrogens (tertiary/aromatic N) is 2. The van der Waals surface area contributed by atoms with Gasteiger partial charge < -0.3 is 0 Å². The van der Waals surface area contributed by atoms with Crippen molar-refractivity contribution in [1.82, 2.24) is 9.38 Å². The molecule has 0 N–H and O–H groups in total. The molecule has 0 spiro atoms. The van der Waals surface area contributed by atoms with Crippen LogP contribution in [0.25, 0.3) is 27.3 Å². The van der Waals surface area contributed by atoms with Gasteiger partial charge in [-0.15, -0.1) is 0 Å². The van der Waals surface area contributed by atoms with Crippen LogP contribution in [-0.2, 0) is 0 Å². The van der Waals surface area contributed by atoms with Crippen molar-refractivity contribution in [2.75, 3.05) is 0 Å². The molecule has 0 saturated heterocycles. The summed E-state index contributed by atoms with van der Waals surface area (Å²) in [7, 11) is 0. The van der Waals surface area contributed by atoms with Crippen LogP contribution in [-0.4, -0.2) is 9.38 Å². The lowest BCUT2D eigenvalue weighted by Crippen LogP contribution is -1.99. The maximum atomic E-state index is 4.95. The number of aromatic nitrogens is 2. The maximum Gasteiger partial charge on any atom is 0.117 e. The second-order valence-corrected chi connectivity index (χ2v) is 5.69. The molecular formula is C18H14N2. The van der Waals surface area contributed by atoms with E-state index in [1.54, 1.807) is 0 Å². The van der Waals surface area contributed by atoms with Crippen LogP contribution in [0.15, 0.2) is 54.6 Å². The third-order valence-electron chi connectivity index (χ3n) is 4.30. The number of rotatable bonds is 1. The third-order valence-corrected chi connectivity index (χ3v) is 4.30. The van der Waals surface area contributed by atoms with E-state index in [9.17, 15) is 0 Å². The standard InChI is InChI=1S/C18H14N2/c1-4-8-16-13(5-1)11-17-14-6-2-3-7-15(14)19-18(20(16)17)12-9-10-12/h1-8,11-12H,9-10H2. The highest BCUT2D eigenvalue weighted by atomic mass is 15.0. The van der Waals surface area contributed by atoms with Crippen molar-refractivity contribution in [2.45, 2.75) is 18.8 Å². The summed E-state index contributed by atoms with van der Waals surface area (Å²) in [4.78, 5) is 4.95. The predicted molar refractivity (Wildman–Crippen MR) is 82.2 cm³/mol. The zero-order valence-electron chi connectivity index (χ0n) is 11.1. The topological polar surface area (TPSA) is 17.3 Å². The highest BCUT2D eigenvalue weighted by Gasteiger charge is 2.28. The Morgan fingerprint density at radius 3 is 2.60 bits per heavy atom. The Morgan fingerprint density at radius 2 is 1.70 bits per heavy atom. The lowest BCUT2D eigenvalue weighted by Gasteiger charge is -2.08. The van der Waals surface area contributed by atoms with Crippen molar-refractivity contribution in [1.29, 1.82) is 0 Å². The Balaban J connectivity index is 2.09. The number of hydrogen-bond donors (Lipinski definition) is 0. The van der Waals surface area contributed by atoms with E-state index in [1.165, 1.54) is 40.5 Å². The van der Waals surface area contributed by atoms with Gasteiger partial charge in [-0.25, -0.2) is 4.98 Å². The maximum absolute atomic E-state index is 4.95. The third kappa shape index (κ3) is 1.31. The fourth-order valence-corrected chi connectivity index (χ4v) is 3.18. The Kier molecular flexibility index (Phi) is 1.88. The van der Waals surface area contributed by atoms with Crippen molar-refractivity contribution >= 4 is 27.3 Å². The molecule has 0 radical (unpaired) electrons. The first-order valence-electron chi connectivity index (χ1n) is 7.21. The van der Waals surface area contributed by atoms with Gasteiger partial charge in [0.15, 0.2) is 0 Å². The molecule has 2 aromatic carbocycles. The molecule has 0 amide bonds. The zero-order valence-corrected chi connectivity index (χ0v) is 11.1. The quantitative estimate of drug-likeness (QED) is 0.490. The Hall–Kier alpha value is -2.35. The molecule has 0 aliphatic heterocycles. The van der Waals surface area contributed by atoms with Gasteiger partial charge in [0.05, 0.1) is 16.6 Å². The van der Waals surface area contributed by atoms with Crippen LogP contribution >= 0.6 is 0 Å². The molecule has 5 rings (SSSR count). The SMILES string of the molecule is c1ccc2c(c1)cc1c3ccccc3nc(C3CC3)n21. The van der Waals surface area contributed by atoms with Crippen molar-refractivity contribution in [3.8, 4) is 0 Å². The van der Waals surface area contributed by atoms with Crippen molar-refractivity contribution in [2.24, 2.45) is 0 Å². The van der Waals surface area contributed by atoms with Crippen molar-refractivity contribution in [3.05, 3.63) is 60.4 Å². The molecule has 1 fully saturated rings. The van der Waals surface area contributed by atoms with Crippen LogP contribution in [0.3, 0.4) is 0 Å². The molecule has 0 bridgehead atoms.